The molecule has 0 aromatic rings. The third kappa shape index (κ3) is 10.2. The molecule has 0 spiro atoms. The average Bonchev–Trinajstić information content (AvgIpc) is 2.07. The first-order chi connectivity index (χ1) is 6.85. The van der Waals surface area contributed by atoms with Gasteiger partial charge >= 0.3 is 0 Å². The zero-order valence-electron chi connectivity index (χ0n) is 10.7. The Bertz CT molecular complexity index is 149. The molecule has 0 radical (unpaired) electrons. The van der Waals surface area contributed by atoms with Crippen LogP contribution in [0.1, 0.15) is 41.0 Å². The normalized spacial score (nSPS) is 14.6. The molecule has 0 heterocycles. The second-order valence-corrected chi connectivity index (χ2v) is 4.92. The first kappa shape index (κ1) is 14.9. The number of ether oxygens (including phenoxy) is 2. The molecule has 0 saturated carbocycles. The molecular weight excluding hydrogens is 192 g/mol. The van der Waals surface area contributed by atoms with Crippen LogP contribution in [0.4, 0.5) is 0 Å². The van der Waals surface area contributed by atoms with Gasteiger partial charge < -0.3 is 14.6 Å². The molecular formula is C12H26O3. The predicted octanol–water partition coefficient (Wildman–Crippen LogP) is 2.23. The fourth-order valence-electron chi connectivity index (χ4n) is 1.49. The van der Waals surface area contributed by atoms with Crippen LogP contribution in [-0.4, -0.2) is 36.6 Å². The fourth-order valence-corrected chi connectivity index (χ4v) is 1.49. The summed E-state index contributed by atoms with van der Waals surface area (Å²) in [6, 6.07) is 0. The molecule has 0 aromatic carbocycles. The van der Waals surface area contributed by atoms with Gasteiger partial charge in [-0.1, -0.05) is 0 Å². The zero-order valence-corrected chi connectivity index (χ0v) is 10.7. The molecule has 15 heavy (non-hydrogen) atoms. The summed E-state index contributed by atoms with van der Waals surface area (Å²) in [7, 11) is 0. The highest BCUT2D eigenvalue weighted by Gasteiger charge is 2.21. The number of hydrogen-bond acceptors (Lipinski definition) is 3. The van der Waals surface area contributed by atoms with Gasteiger partial charge in [0.15, 0.2) is 0 Å². The Morgan fingerprint density at radius 3 is 2.20 bits per heavy atom. The first-order valence-electron chi connectivity index (χ1n) is 5.77. The van der Waals surface area contributed by atoms with Crippen molar-refractivity contribution in [3.8, 4) is 0 Å². The Kier molecular flexibility index (Phi) is 7.14. The first-order valence-corrected chi connectivity index (χ1v) is 5.77. The van der Waals surface area contributed by atoms with Gasteiger partial charge in [0.05, 0.1) is 24.9 Å². The lowest BCUT2D eigenvalue weighted by Crippen LogP contribution is -2.29. The Balaban J connectivity index is 3.95. The van der Waals surface area contributed by atoms with E-state index in [-0.39, 0.29) is 12.0 Å². The lowest BCUT2D eigenvalue weighted by Gasteiger charge is -2.25. The summed E-state index contributed by atoms with van der Waals surface area (Å²) in [5, 5.41) is 9.74. The quantitative estimate of drug-likeness (QED) is 0.679. The lowest BCUT2D eigenvalue weighted by molar-refractivity contribution is -0.0229. The van der Waals surface area contributed by atoms with Gasteiger partial charge in [0, 0.05) is 12.5 Å². The standard InChI is InChI=1S/C12H26O3/c1-6-14-8-11(7-12(4,5)13)9-15-10(2)3/h10-11,13H,6-9H2,1-5H3. The van der Waals surface area contributed by atoms with Crippen molar-refractivity contribution in [3.63, 3.8) is 0 Å². The van der Waals surface area contributed by atoms with Crippen molar-refractivity contribution in [2.24, 2.45) is 5.92 Å². The monoisotopic (exact) mass is 218 g/mol. The Morgan fingerprint density at radius 2 is 1.80 bits per heavy atom. The molecule has 0 amide bonds. The molecule has 1 atom stereocenters. The molecule has 0 rings (SSSR count). The van der Waals surface area contributed by atoms with Crippen LogP contribution in [0.15, 0.2) is 0 Å². The number of aliphatic hydroxyl groups is 1. The minimum absolute atomic E-state index is 0.232. The topological polar surface area (TPSA) is 38.7 Å². The molecule has 0 aliphatic rings. The van der Waals surface area contributed by atoms with Gasteiger partial charge in [-0.05, 0) is 41.0 Å². The SMILES string of the molecule is CCOCC(COC(C)C)CC(C)(C)O. The van der Waals surface area contributed by atoms with Crippen molar-refractivity contribution >= 4 is 0 Å². The molecule has 3 nitrogen and oxygen atoms in total. The van der Waals surface area contributed by atoms with E-state index in [0.29, 0.717) is 26.2 Å². The molecule has 92 valence electrons. The highest BCUT2D eigenvalue weighted by molar-refractivity contribution is 4.71. The minimum atomic E-state index is -0.651. The van der Waals surface area contributed by atoms with Crippen molar-refractivity contribution < 1.29 is 14.6 Å². The van der Waals surface area contributed by atoms with Crippen LogP contribution >= 0.6 is 0 Å². The van der Waals surface area contributed by atoms with Gasteiger partial charge in [0.2, 0.25) is 0 Å². The summed E-state index contributed by atoms with van der Waals surface area (Å²) in [5.74, 6) is 0.271. The predicted molar refractivity (Wildman–Crippen MR) is 62.0 cm³/mol. The third-order valence-corrected chi connectivity index (χ3v) is 2.01. The van der Waals surface area contributed by atoms with E-state index in [1.807, 2.05) is 34.6 Å². The van der Waals surface area contributed by atoms with E-state index in [9.17, 15) is 5.11 Å². The van der Waals surface area contributed by atoms with E-state index >= 15 is 0 Å². The Morgan fingerprint density at radius 1 is 1.20 bits per heavy atom. The summed E-state index contributed by atoms with van der Waals surface area (Å²) < 4.78 is 10.9. The fraction of sp³-hybridized carbons (Fsp3) is 1.00. The number of rotatable bonds is 8. The Hall–Kier alpha value is -0.120. The van der Waals surface area contributed by atoms with Gasteiger partial charge in [0.1, 0.15) is 0 Å². The van der Waals surface area contributed by atoms with Gasteiger partial charge in [-0.2, -0.15) is 0 Å². The smallest absolute Gasteiger partial charge is 0.0596 e. The van der Waals surface area contributed by atoms with Crippen LogP contribution in [0, 0.1) is 5.92 Å². The highest BCUT2D eigenvalue weighted by Crippen LogP contribution is 2.17. The van der Waals surface area contributed by atoms with E-state index in [1.165, 1.54) is 0 Å². The van der Waals surface area contributed by atoms with Crippen molar-refractivity contribution in [2.75, 3.05) is 19.8 Å². The summed E-state index contributed by atoms with van der Waals surface area (Å²) in [6.07, 6.45) is 0.940. The molecule has 0 aliphatic carbocycles. The van der Waals surface area contributed by atoms with E-state index in [0.717, 1.165) is 0 Å². The molecule has 1 unspecified atom stereocenters. The van der Waals surface area contributed by atoms with E-state index < -0.39 is 5.60 Å². The summed E-state index contributed by atoms with van der Waals surface area (Å²) in [4.78, 5) is 0. The third-order valence-electron chi connectivity index (χ3n) is 2.01. The maximum atomic E-state index is 9.74. The molecule has 0 saturated heterocycles. The molecule has 1 N–H and O–H groups in total. The highest BCUT2D eigenvalue weighted by atomic mass is 16.5. The number of hydrogen-bond donors (Lipinski definition) is 1. The second kappa shape index (κ2) is 7.20. The van der Waals surface area contributed by atoms with Crippen LogP contribution in [0.5, 0.6) is 0 Å². The van der Waals surface area contributed by atoms with Crippen LogP contribution in [0.25, 0.3) is 0 Å². The second-order valence-electron chi connectivity index (χ2n) is 4.92. The van der Waals surface area contributed by atoms with Crippen molar-refractivity contribution in [2.45, 2.75) is 52.7 Å². The van der Waals surface area contributed by atoms with Crippen LogP contribution in [0.3, 0.4) is 0 Å². The van der Waals surface area contributed by atoms with Crippen LogP contribution in [0.2, 0.25) is 0 Å². The van der Waals surface area contributed by atoms with Gasteiger partial charge in [0.25, 0.3) is 0 Å². The Labute approximate surface area is 93.8 Å². The maximum absolute atomic E-state index is 9.74. The molecule has 3 heteroatoms. The molecule has 0 aliphatic heterocycles. The van der Waals surface area contributed by atoms with Crippen LogP contribution < -0.4 is 0 Å². The summed E-state index contributed by atoms with van der Waals surface area (Å²) in [6.45, 7) is 11.7. The average molecular weight is 218 g/mol. The van der Waals surface area contributed by atoms with Gasteiger partial charge in [-0.25, -0.2) is 0 Å². The van der Waals surface area contributed by atoms with E-state index in [1.54, 1.807) is 0 Å². The molecule has 0 aromatic heterocycles. The molecule has 0 fully saturated rings. The van der Waals surface area contributed by atoms with Crippen LogP contribution in [-0.2, 0) is 9.47 Å². The molecule has 0 bridgehead atoms. The van der Waals surface area contributed by atoms with Gasteiger partial charge in [-0.15, -0.1) is 0 Å². The summed E-state index contributed by atoms with van der Waals surface area (Å²) >= 11 is 0. The van der Waals surface area contributed by atoms with Crippen molar-refractivity contribution in [1.29, 1.82) is 0 Å². The maximum Gasteiger partial charge on any atom is 0.0596 e. The largest absolute Gasteiger partial charge is 0.390 e. The van der Waals surface area contributed by atoms with E-state index in [2.05, 4.69) is 0 Å². The van der Waals surface area contributed by atoms with Crippen molar-refractivity contribution in [3.05, 3.63) is 0 Å². The summed E-state index contributed by atoms with van der Waals surface area (Å²) in [5.41, 5.74) is -0.651. The van der Waals surface area contributed by atoms with E-state index in [4.69, 9.17) is 9.47 Å². The zero-order chi connectivity index (χ0) is 11.9. The van der Waals surface area contributed by atoms with Crippen molar-refractivity contribution in [1.82, 2.24) is 0 Å². The minimum Gasteiger partial charge on any atom is -0.390 e. The van der Waals surface area contributed by atoms with Gasteiger partial charge in [-0.3, -0.25) is 0 Å². The lowest BCUT2D eigenvalue weighted by atomic mass is 9.95.